The van der Waals surface area contributed by atoms with Crippen LogP contribution in [0.25, 0.3) is 0 Å². The lowest BCUT2D eigenvalue weighted by atomic mass is 9.82. The van der Waals surface area contributed by atoms with Crippen LogP contribution in [0.2, 0.25) is 0 Å². The molecule has 0 atom stereocenters. The molecule has 1 amide bonds. The molecule has 0 unspecified atom stereocenters. The summed E-state index contributed by atoms with van der Waals surface area (Å²) in [4.78, 5) is 21.8. The molecule has 96 valence electrons. The van der Waals surface area contributed by atoms with Crippen LogP contribution in [0.5, 0.6) is 0 Å². The molecular formula is C13H21NO3. The van der Waals surface area contributed by atoms with E-state index in [0.29, 0.717) is 5.92 Å². The minimum Gasteiger partial charge on any atom is -0.481 e. The van der Waals surface area contributed by atoms with E-state index in [1.807, 2.05) is 0 Å². The van der Waals surface area contributed by atoms with Gasteiger partial charge in [-0.2, -0.15) is 0 Å². The predicted octanol–water partition coefficient (Wildman–Crippen LogP) is 2.10. The highest BCUT2D eigenvalue weighted by atomic mass is 16.4. The minimum absolute atomic E-state index is 0.0791. The molecule has 2 N–H and O–H groups in total. The first-order chi connectivity index (χ1) is 7.99. The third-order valence-corrected chi connectivity index (χ3v) is 3.36. The number of carboxylic acids is 1. The van der Waals surface area contributed by atoms with E-state index >= 15 is 0 Å². The van der Waals surface area contributed by atoms with Gasteiger partial charge in [0.1, 0.15) is 0 Å². The molecule has 4 heteroatoms. The quantitative estimate of drug-likeness (QED) is 0.722. The van der Waals surface area contributed by atoms with Crippen molar-refractivity contribution < 1.29 is 14.7 Å². The number of carbonyl (C=O) groups is 2. The van der Waals surface area contributed by atoms with Gasteiger partial charge in [0.15, 0.2) is 0 Å². The van der Waals surface area contributed by atoms with Gasteiger partial charge in [-0.3, -0.25) is 9.59 Å². The number of nitrogens with one attached hydrogen (secondary N) is 1. The standard InChI is InChI=1S/C13H21NO3/c1-9(2)10-3-5-11(6-4-10)14-12(15)7-8-13(16)17/h10-11H,1,3-8H2,2H3,(H,14,15)(H,16,17)/t10-,11-. The highest BCUT2D eigenvalue weighted by Crippen LogP contribution is 2.28. The topological polar surface area (TPSA) is 66.4 Å². The van der Waals surface area contributed by atoms with E-state index in [1.165, 1.54) is 5.57 Å². The summed E-state index contributed by atoms with van der Waals surface area (Å²) in [6.07, 6.45) is 4.06. The average Bonchev–Trinajstić information content (AvgIpc) is 2.27. The van der Waals surface area contributed by atoms with E-state index in [2.05, 4.69) is 18.8 Å². The molecule has 0 aromatic heterocycles. The van der Waals surface area contributed by atoms with Crippen molar-refractivity contribution in [1.82, 2.24) is 5.32 Å². The lowest BCUT2D eigenvalue weighted by molar-refractivity contribution is -0.139. The van der Waals surface area contributed by atoms with Gasteiger partial charge in [-0.1, -0.05) is 12.2 Å². The first-order valence-corrected chi connectivity index (χ1v) is 6.15. The summed E-state index contributed by atoms with van der Waals surface area (Å²) in [5, 5.41) is 11.4. The highest BCUT2D eigenvalue weighted by Gasteiger charge is 2.22. The fourth-order valence-corrected chi connectivity index (χ4v) is 2.25. The van der Waals surface area contributed by atoms with Crippen LogP contribution >= 0.6 is 0 Å². The maximum Gasteiger partial charge on any atom is 0.303 e. The molecule has 0 aliphatic heterocycles. The van der Waals surface area contributed by atoms with Crippen LogP contribution in [0.1, 0.15) is 45.4 Å². The second kappa shape index (κ2) is 6.42. The third kappa shape index (κ3) is 5.02. The molecule has 0 aromatic carbocycles. The van der Waals surface area contributed by atoms with Gasteiger partial charge in [0.2, 0.25) is 5.91 Å². The van der Waals surface area contributed by atoms with Crippen molar-refractivity contribution in [3.05, 3.63) is 12.2 Å². The Morgan fingerprint density at radius 1 is 1.24 bits per heavy atom. The maximum atomic E-state index is 11.4. The van der Waals surface area contributed by atoms with Crippen LogP contribution in [0.3, 0.4) is 0 Å². The van der Waals surface area contributed by atoms with Gasteiger partial charge in [-0.05, 0) is 38.5 Å². The zero-order valence-corrected chi connectivity index (χ0v) is 10.4. The molecule has 0 spiro atoms. The van der Waals surface area contributed by atoms with Crippen LogP contribution in [0, 0.1) is 5.92 Å². The SMILES string of the molecule is C=C(C)[C@H]1CC[C@H](NC(=O)CCC(=O)O)CC1. The Morgan fingerprint density at radius 2 is 1.82 bits per heavy atom. The Balaban J connectivity index is 2.23. The second-order valence-corrected chi connectivity index (χ2v) is 4.86. The first kappa shape index (κ1) is 13.7. The summed E-state index contributed by atoms with van der Waals surface area (Å²) in [6, 6.07) is 0.215. The molecule has 1 aliphatic carbocycles. The molecule has 0 heterocycles. The van der Waals surface area contributed by atoms with Crippen molar-refractivity contribution in [1.29, 1.82) is 0 Å². The fourth-order valence-electron chi connectivity index (χ4n) is 2.25. The molecule has 1 rings (SSSR count). The van der Waals surface area contributed by atoms with E-state index in [9.17, 15) is 9.59 Å². The first-order valence-electron chi connectivity index (χ1n) is 6.15. The van der Waals surface area contributed by atoms with Gasteiger partial charge in [-0.25, -0.2) is 0 Å². The minimum atomic E-state index is -0.925. The monoisotopic (exact) mass is 239 g/mol. The van der Waals surface area contributed by atoms with E-state index in [-0.39, 0.29) is 24.8 Å². The summed E-state index contributed by atoms with van der Waals surface area (Å²) in [5.74, 6) is -0.487. The Hall–Kier alpha value is -1.32. The lowest BCUT2D eigenvalue weighted by Crippen LogP contribution is -2.37. The van der Waals surface area contributed by atoms with Crippen LogP contribution in [0.15, 0.2) is 12.2 Å². The molecule has 0 aromatic rings. The number of hydrogen-bond donors (Lipinski definition) is 2. The van der Waals surface area contributed by atoms with Gasteiger partial charge in [0.05, 0.1) is 6.42 Å². The molecule has 1 saturated carbocycles. The van der Waals surface area contributed by atoms with Gasteiger partial charge >= 0.3 is 5.97 Å². The number of carboxylic acid groups (broad SMARTS) is 1. The van der Waals surface area contributed by atoms with Crippen molar-refractivity contribution in [2.75, 3.05) is 0 Å². The molecule has 0 radical (unpaired) electrons. The Bertz CT molecular complexity index is 304. The molecule has 1 aliphatic rings. The van der Waals surface area contributed by atoms with E-state index in [4.69, 9.17) is 5.11 Å². The maximum absolute atomic E-state index is 11.4. The number of allylic oxidation sites excluding steroid dienone is 1. The van der Waals surface area contributed by atoms with E-state index in [0.717, 1.165) is 25.7 Å². The summed E-state index contributed by atoms with van der Waals surface area (Å²) in [7, 11) is 0. The van der Waals surface area contributed by atoms with Crippen LogP contribution in [-0.2, 0) is 9.59 Å². The molecule has 0 saturated heterocycles. The smallest absolute Gasteiger partial charge is 0.303 e. The van der Waals surface area contributed by atoms with Crippen LogP contribution in [0.4, 0.5) is 0 Å². The molecule has 0 bridgehead atoms. The fraction of sp³-hybridized carbons (Fsp3) is 0.692. The number of amides is 1. The normalized spacial score (nSPS) is 24.1. The number of hydrogen-bond acceptors (Lipinski definition) is 2. The third-order valence-electron chi connectivity index (χ3n) is 3.36. The van der Waals surface area contributed by atoms with Gasteiger partial charge in [-0.15, -0.1) is 0 Å². The van der Waals surface area contributed by atoms with Crippen molar-refractivity contribution in [2.24, 2.45) is 5.92 Å². The van der Waals surface area contributed by atoms with E-state index < -0.39 is 5.97 Å². The summed E-state index contributed by atoms with van der Waals surface area (Å²) in [5.41, 5.74) is 1.22. The zero-order chi connectivity index (χ0) is 12.8. The summed E-state index contributed by atoms with van der Waals surface area (Å²) < 4.78 is 0. The van der Waals surface area contributed by atoms with Crippen molar-refractivity contribution in [3.8, 4) is 0 Å². The highest BCUT2D eigenvalue weighted by molar-refractivity contribution is 5.80. The zero-order valence-electron chi connectivity index (χ0n) is 10.4. The Kier molecular flexibility index (Phi) is 5.19. The Morgan fingerprint density at radius 3 is 2.29 bits per heavy atom. The predicted molar refractivity (Wildman–Crippen MR) is 65.6 cm³/mol. The summed E-state index contributed by atoms with van der Waals surface area (Å²) >= 11 is 0. The average molecular weight is 239 g/mol. The summed E-state index contributed by atoms with van der Waals surface area (Å²) in [6.45, 7) is 6.01. The second-order valence-electron chi connectivity index (χ2n) is 4.86. The molecule has 1 fully saturated rings. The number of carbonyl (C=O) groups excluding carboxylic acids is 1. The van der Waals surface area contributed by atoms with Crippen molar-refractivity contribution in [2.45, 2.75) is 51.5 Å². The van der Waals surface area contributed by atoms with E-state index in [1.54, 1.807) is 0 Å². The Labute approximate surface area is 102 Å². The van der Waals surface area contributed by atoms with Crippen molar-refractivity contribution >= 4 is 11.9 Å². The van der Waals surface area contributed by atoms with Gasteiger partial charge in [0.25, 0.3) is 0 Å². The lowest BCUT2D eigenvalue weighted by Gasteiger charge is -2.29. The number of rotatable bonds is 5. The van der Waals surface area contributed by atoms with Crippen LogP contribution in [-0.4, -0.2) is 23.0 Å². The van der Waals surface area contributed by atoms with Crippen LogP contribution < -0.4 is 5.32 Å². The largest absolute Gasteiger partial charge is 0.481 e. The van der Waals surface area contributed by atoms with Gasteiger partial charge in [0, 0.05) is 12.5 Å². The molecular weight excluding hydrogens is 218 g/mol. The van der Waals surface area contributed by atoms with Crippen molar-refractivity contribution in [3.63, 3.8) is 0 Å². The van der Waals surface area contributed by atoms with Gasteiger partial charge < -0.3 is 10.4 Å². The number of aliphatic carboxylic acids is 1. The molecule has 4 nitrogen and oxygen atoms in total. The molecule has 17 heavy (non-hydrogen) atoms.